The number of nitrogens with one attached hydrogen (secondary N) is 3. The minimum absolute atomic E-state index is 0.0772. The van der Waals surface area contributed by atoms with Crippen molar-refractivity contribution in [3.63, 3.8) is 0 Å². The fourth-order valence-electron chi connectivity index (χ4n) is 3.65. The Balaban J connectivity index is 6.11. The second kappa shape index (κ2) is 18.0. The SMILES string of the molecule is CCOC(=O)[C@H](NC(=O)CN(CC(=O)N[C@@H](C(=O)OCC)C(C)(C)S)CC(=O)N[C@@H](C(=O)OCC)C(C)(C)S)C(C)(C)S. The van der Waals surface area contributed by atoms with E-state index in [9.17, 15) is 28.8 Å². The van der Waals surface area contributed by atoms with Crippen molar-refractivity contribution >= 4 is 73.5 Å². The number of nitrogens with zero attached hydrogens (tertiary/aromatic N) is 1. The molecule has 0 aromatic heterocycles. The number of amides is 3. The standard InChI is InChI=1S/C27H48N4O9S3/c1-10-38-22(35)19(25(4,5)41)28-16(32)13-31(14-17(33)29-20(26(6,7)42)23(36)39-11-2)15-18(34)30-21(27(8,9)43)24(37)40-12-3/h19-21,41-43H,10-15H2,1-9H3,(H,28,32)(H,29,33)(H,30,34)/t19-,20-,21-/m0/s1. The van der Waals surface area contributed by atoms with Crippen LogP contribution in [-0.4, -0.2) is 112 Å². The molecule has 0 heterocycles. The van der Waals surface area contributed by atoms with Crippen LogP contribution in [0, 0.1) is 0 Å². The van der Waals surface area contributed by atoms with Crippen molar-refractivity contribution in [2.45, 2.75) is 94.7 Å². The highest BCUT2D eigenvalue weighted by Gasteiger charge is 2.38. The average molecular weight is 669 g/mol. The third-order valence-electron chi connectivity index (χ3n) is 5.70. The fraction of sp³-hybridized carbons (Fsp3) is 0.778. The predicted molar refractivity (Wildman–Crippen MR) is 171 cm³/mol. The highest BCUT2D eigenvalue weighted by molar-refractivity contribution is 7.82. The number of carbonyl (C=O) groups excluding carboxylic acids is 6. The van der Waals surface area contributed by atoms with Gasteiger partial charge in [0.25, 0.3) is 0 Å². The summed E-state index contributed by atoms with van der Waals surface area (Å²) >= 11 is 13.2. The van der Waals surface area contributed by atoms with Crippen molar-refractivity contribution in [1.29, 1.82) is 0 Å². The van der Waals surface area contributed by atoms with Gasteiger partial charge >= 0.3 is 17.9 Å². The Morgan fingerprint density at radius 3 is 0.907 bits per heavy atom. The summed E-state index contributed by atoms with van der Waals surface area (Å²) in [7, 11) is 0. The van der Waals surface area contributed by atoms with E-state index in [2.05, 4.69) is 53.8 Å². The maximum Gasteiger partial charge on any atom is 0.330 e. The van der Waals surface area contributed by atoms with E-state index in [-0.39, 0.29) is 19.8 Å². The summed E-state index contributed by atoms with van der Waals surface area (Å²) in [6.45, 7) is 13.2. The molecule has 0 aliphatic carbocycles. The molecule has 43 heavy (non-hydrogen) atoms. The Labute approximate surface area is 270 Å². The summed E-state index contributed by atoms with van der Waals surface area (Å²) in [4.78, 5) is 78.0. The van der Waals surface area contributed by atoms with Gasteiger partial charge in [0.05, 0.1) is 39.5 Å². The second-order valence-electron chi connectivity index (χ2n) is 11.4. The number of esters is 3. The largest absolute Gasteiger partial charge is 0.464 e. The van der Waals surface area contributed by atoms with Gasteiger partial charge in [-0.25, -0.2) is 14.4 Å². The molecule has 0 aliphatic heterocycles. The summed E-state index contributed by atoms with van der Waals surface area (Å²) in [5.41, 5.74) is 0. The Kier molecular flexibility index (Phi) is 17.1. The van der Waals surface area contributed by atoms with Crippen molar-refractivity contribution in [2.75, 3.05) is 39.5 Å². The molecule has 3 atom stereocenters. The van der Waals surface area contributed by atoms with E-state index in [0.29, 0.717) is 0 Å². The molecule has 0 saturated carbocycles. The third-order valence-corrected chi connectivity index (χ3v) is 6.48. The van der Waals surface area contributed by atoms with E-state index in [0.717, 1.165) is 0 Å². The Morgan fingerprint density at radius 2 is 0.744 bits per heavy atom. The van der Waals surface area contributed by atoms with E-state index in [4.69, 9.17) is 14.2 Å². The number of hydrogen-bond donors (Lipinski definition) is 6. The van der Waals surface area contributed by atoms with Gasteiger partial charge in [0, 0.05) is 14.2 Å². The first kappa shape index (κ1) is 40.8. The summed E-state index contributed by atoms with van der Waals surface area (Å²) < 4.78 is 12.1. The van der Waals surface area contributed by atoms with E-state index >= 15 is 0 Å². The zero-order chi connectivity index (χ0) is 33.8. The van der Waals surface area contributed by atoms with Gasteiger partial charge in [0.1, 0.15) is 18.1 Å². The van der Waals surface area contributed by atoms with Crippen LogP contribution in [0.5, 0.6) is 0 Å². The molecule has 0 aromatic carbocycles. The van der Waals surface area contributed by atoms with Crippen molar-refractivity contribution < 1.29 is 43.0 Å². The van der Waals surface area contributed by atoms with Crippen molar-refractivity contribution in [3.05, 3.63) is 0 Å². The normalized spacial score (nSPS) is 14.2. The molecule has 3 amide bonds. The molecule has 0 saturated heterocycles. The first-order valence-electron chi connectivity index (χ1n) is 13.9. The lowest BCUT2D eigenvalue weighted by Gasteiger charge is -2.32. The molecular formula is C27H48N4O9S3. The lowest BCUT2D eigenvalue weighted by molar-refractivity contribution is -0.148. The van der Waals surface area contributed by atoms with Crippen LogP contribution in [0.3, 0.4) is 0 Å². The minimum atomic E-state index is -1.15. The van der Waals surface area contributed by atoms with Gasteiger partial charge in [0.15, 0.2) is 0 Å². The van der Waals surface area contributed by atoms with E-state index in [1.165, 1.54) is 4.90 Å². The highest BCUT2D eigenvalue weighted by Crippen LogP contribution is 2.21. The first-order valence-corrected chi connectivity index (χ1v) is 15.2. The number of rotatable bonds is 18. The number of thiol groups is 3. The second-order valence-corrected chi connectivity index (χ2v) is 14.8. The summed E-state index contributed by atoms with van der Waals surface area (Å²) in [6.07, 6.45) is 0. The first-order chi connectivity index (χ1) is 19.6. The van der Waals surface area contributed by atoms with Crippen LogP contribution in [0.1, 0.15) is 62.3 Å². The Bertz CT molecular complexity index is 868. The number of ether oxygens (including phenoxy) is 3. The van der Waals surface area contributed by atoms with Gasteiger partial charge in [-0.15, -0.1) is 0 Å². The molecule has 13 nitrogen and oxygen atoms in total. The monoisotopic (exact) mass is 668 g/mol. The fourth-order valence-corrected chi connectivity index (χ4v) is 4.16. The third kappa shape index (κ3) is 15.4. The number of carbonyl (C=O) groups is 6. The summed E-state index contributed by atoms with van der Waals surface area (Å²) in [5, 5.41) is 7.65. The predicted octanol–water partition coefficient (Wildman–Crippen LogP) is 0.557. The zero-order valence-corrected chi connectivity index (χ0v) is 29.1. The van der Waals surface area contributed by atoms with Crippen LogP contribution >= 0.6 is 37.9 Å². The molecule has 0 unspecified atom stereocenters. The van der Waals surface area contributed by atoms with Crippen LogP contribution in [-0.2, 0) is 43.0 Å². The highest BCUT2D eigenvalue weighted by atomic mass is 32.1. The molecule has 0 fully saturated rings. The van der Waals surface area contributed by atoms with Crippen LogP contribution < -0.4 is 16.0 Å². The molecule has 0 spiro atoms. The van der Waals surface area contributed by atoms with E-state index < -0.39 is 87.6 Å². The van der Waals surface area contributed by atoms with E-state index in [1.807, 2.05) is 0 Å². The molecule has 16 heteroatoms. The molecule has 3 N–H and O–H groups in total. The Hall–Kier alpha value is -2.17. The maximum absolute atomic E-state index is 13.1. The smallest absolute Gasteiger partial charge is 0.330 e. The van der Waals surface area contributed by atoms with Gasteiger partial charge in [-0.1, -0.05) is 0 Å². The van der Waals surface area contributed by atoms with Gasteiger partial charge in [-0.2, -0.15) is 37.9 Å². The molecule has 0 bridgehead atoms. The maximum atomic E-state index is 13.1. The van der Waals surface area contributed by atoms with E-state index in [1.54, 1.807) is 62.3 Å². The van der Waals surface area contributed by atoms with Crippen LogP contribution in [0.15, 0.2) is 0 Å². The van der Waals surface area contributed by atoms with Gasteiger partial charge in [-0.3, -0.25) is 19.3 Å². The lowest BCUT2D eigenvalue weighted by atomic mass is 10.0. The van der Waals surface area contributed by atoms with Gasteiger partial charge in [-0.05, 0) is 62.3 Å². The molecule has 248 valence electrons. The summed E-state index contributed by atoms with van der Waals surface area (Å²) in [6, 6.07) is -3.45. The van der Waals surface area contributed by atoms with Crippen molar-refractivity contribution in [2.24, 2.45) is 0 Å². The van der Waals surface area contributed by atoms with Crippen molar-refractivity contribution in [1.82, 2.24) is 20.9 Å². The molecule has 0 aromatic rings. The molecule has 0 aliphatic rings. The molecule has 0 radical (unpaired) electrons. The van der Waals surface area contributed by atoms with Gasteiger partial charge in [0.2, 0.25) is 17.7 Å². The van der Waals surface area contributed by atoms with Crippen LogP contribution in [0.2, 0.25) is 0 Å². The zero-order valence-electron chi connectivity index (χ0n) is 26.4. The van der Waals surface area contributed by atoms with Crippen LogP contribution in [0.25, 0.3) is 0 Å². The van der Waals surface area contributed by atoms with Crippen LogP contribution in [0.4, 0.5) is 0 Å². The quantitative estimate of drug-likeness (QED) is 0.0690. The lowest BCUT2D eigenvalue weighted by Crippen LogP contribution is -2.58. The summed E-state index contributed by atoms with van der Waals surface area (Å²) in [5.74, 6) is -4.27. The average Bonchev–Trinajstić information content (AvgIpc) is 2.82. The van der Waals surface area contributed by atoms with Gasteiger partial charge < -0.3 is 30.2 Å². The van der Waals surface area contributed by atoms with Crippen molar-refractivity contribution in [3.8, 4) is 0 Å². The topological polar surface area (TPSA) is 169 Å². The minimum Gasteiger partial charge on any atom is -0.464 e. The molecule has 0 rings (SSSR count). The molecular weight excluding hydrogens is 621 g/mol. The number of hydrogen-bond acceptors (Lipinski definition) is 13. The Morgan fingerprint density at radius 1 is 0.535 bits per heavy atom.